The summed E-state index contributed by atoms with van der Waals surface area (Å²) in [6.07, 6.45) is 1.45. The second-order valence-corrected chi connectivity index (χ2v) is 6.52. The van der Waals surface area contributed by atoms with Crippen molar-refractivity contribution >= 4 is 5.91 Å². The SMILES string of the molecule is COc1c(O)ccc2c1C(=O)N1CCc3cc4c(cc3[C@@H]1C2)OCO4. The third kappa shape index (κ3) is 1.94. The van der Waals surface area contributed by atoms with E-state index in [1.807, 2.05) is 23.1 Å². The van der Waals surface area contributed by atoms with E-state index in [2.05, 4.69) is 0 Å². The summed E-state index contributed by atoms with van der Waals surface area (Å²) in [4.78, 5) is 15.0. The molecule has 3 aliphatic heterocycles. The topological polar surface area (TPSA) is 68.2 Å². The Kier molecular flexibility index (Phi) is 2.92. The maximum absolute atomic E-state index is 13.1. The highest BCUT2D eigenvalue weighted by Gasteiger charge is 2.40. The first kappa shape index (κ1) is 14.5. The number of hydrogen-bond donors (Lipinski definition) is 1. The number of phenolic OH excluding ortho intramolecular Hbond substituents is 1. The van der Waals surface area contributed by atoms with Gasteiger partial charge in [-0.05, 0) is 47.7 Å². The summed E-state index contributed by atoms with van der Waals surface area (Å²) in [6, 6.07) is 7.40. The predicted molar refractivity (Wildman–Crippen MR) is 88.4 cm³/mol. The fourth-order valence-corrected chi connectivity index (χ4v) is 4.13. The van der Waals surface area contributed by atoms with Gasteiger partial charge in [0.25, 0.3) is 5.91 Å². The first-order valence-corrected chi connectivity index (χ1v) is 8.29. The molecule has 0 saturated heterocycles. The van der Waals surface area contributed by atoms with E-state index in [-0.39, 0.29) is 30.2 Å². The van der Waals surface area contributed by atoms with Crippen LogP contribution in [0, 0.1) is 0 Å². The van der Waals surface area contributed by atoms with Crippen molar-refractivity contribution in [2.45, 2.75) is 18.9 Å². The van der Waals surface area contributed by atoms with Gasteiger partial charge >= 0.3 is 0 Å². The summed E-state index contributed by atoms with van der Waals surface area (Å²) < 4.78 is 16.3. The Morgan fingerprint density at radius 2 is 2.00 bits per heavy atom. The van der Waals surface area contributed by atoms with Crippen molar-refractivity contribution in [3.8, 4) is 23.0 Å². The van der Waals surface area contributed by atoms with E-state index in [9.17, 15) is 9.90 Å². The molecule has 3 heterocycles. The zero-order valence-corrected chi connectivity index (χ0v) is 13.7. The molecular formula is C19H17NO5. The lowest BCUT2D eigenvalue weighted by Crippen LogP contribution is -2.44. The van der Waals surface area contributed by atoms with Gasteiger partial charge in [-0.3, -0.25) is 4.79 Å². The van der Waals surface area contributed by atoms with Gasteiger partial charge in [0.2, 0.25) is 6.79 Å². The molecule has 0 spiro atoms. The number of rotatable bonds is 1. The Hall–Kier alpha value is -2.89. The molecular weight excluding hydrogens is 322 g/mol. The molecule has 0 aromatic heterocycles. The molecule has 0 bridgehead atoms. The summed E-state index contributed by atoms with van der Waals surface area (Å²) in [5.74, 6) is 1.68. The lowest BCUT2D eigenvalue weighted by molar-refractivity contribution is 0.0626. The maximum Gasteiger partial charge on any atom is 0.258 e. The minimum atomic E-state index is -0.0951. The normalized spacial score (nSPS) is 20.0. The lowest BCUT2D eigenvalue weighted by Gasteiger charge is -2.41. The number of phenols is 1. The molecule has 2 aromatic carbocycles. The second-order valence-electron chi connectivity index (χ2n) is 6.52. The number of methoxy groups -OCH3 is 1. The van der Waals surface area contributed by atoms with E-state index in [1.54, 1.807) is 6.07 Å². The average molecular weight is 339 g/mol. The molecule has 128 valence electrons. The van der Waals surface area contributed by atoms with Gasteiger partial charge in [0, 0.05) is 6.54 Å². The number of aromatic hydroxyl groups is 1. The monoisotopic (exact) mass is 339 g/mol. The van der Waals surface area contributed by atoms with Gasteiger partial charge in [-0.15, -0.1) is 0 Å². The number of ether oxygens (including phenoxy) is 3. The second kappa shape index (κ2) is 5.05. The first-order chi connectivity index (χ1) is 12.2. The number of hydrogen-bond acceptors (Lipinski definition) is 5. The fraction of sp³-hybridized carbons (Fsp3) is 0.316. The van der Waals surface area contributed by atoms with Crippen LogP contribution in [0.2, 0.25) is 0 Å². The Balaban J connectivity index is 1.64. The van der Waals surface area contributed by atoms with Crippen molar-refractivity contribution in [2.75, 3.05) is 20.4 Å². The van der Waals surface area contributed by atoms with E-state index >= 15 is 0 Å². The highest BCUT2D eigenvalue weighted by molar-refractivity contribution is 6.01. The summed E-state index contributed by atoms with van der Waals surface area (Å²) in [6.45, 7) is 0.874. The lowest BCUT2D eigenvalue weighted by atomic mass is 9.83. The largest absolute Gasteiger partial charge is 0.504 e. The van der Waals surface area contributed by atoms with Gasteiger partial charge in [-0.2, -0.15) is 0 Å². The third-order valence-corrected chi connectivity index (χ3v) is 5.31. The first-order valence-electron chi connectivity index (χ1n) is 8.29. The van der Waals surface area contributed by atoms with Crippen LogP contribution in [0.5, 0.6) is 23.0 Å². The Bertz CT molecular complexity index is 907. The standard InChI is InChI=1S/C19H17NO5/c1-23-18-14(21)3-2-11-6-13-12-8-16-15(24-9-25-16)7-10(12)4-5-20(13)19(22)17(11)18/h2-3,7-8,13,21H,4-6,9H2,1H3/t13-/m0/s1. The van der Waals surface area contributed by atoms with Crippen LogP contribution in [0.25, 0.3) is 0 Å². The molecule has 1 N–H and O–H groups in total. The number of fused-ring (bicyclic) bond motifs is 5. The zero-order chi connectivity index (χ0) is 17.1. The van der Waals surface area contributed by atoms with Gasteiger partial charge in [0.15, 0.2) is 23.0 Å². The van der Waals surface area contributed by atoms with E-state index in [0.29, 0.717) is 18.5 Å². The highest BCUT2D eigenvalue weighted by Crippen LogP contribution is 2.46. The Labute approximate surface area is 144 Å². The minimum Gasteiger partial charge on any atom is -0.504 e. The summed E-state index contributed by atoms with van der Waals surface area (Å²) in [7, 11) is 1.47. The van der Waals surface area contributed by atoms with Crippen LogP contribution in [0.4, 0.5) is 0 Å². The quantitative estimate of drug-likeness (QED) is 0.864. The molecule has 25 heavy (non-hydrogen) atoms. The van der Waals surface area contributed by atoms with E-state index in [1.165, 1.54) is 12.7 Å². The van der Waals surface area contributed by atoms with Crippen LogP contribution in [0.1, 0.15) is 33.1 Å². The smallest absolute Gasteiger partial charge is 0.258 e. The van der Waals surface area contributed by atoms with Gasteiger partial charge in [0.05, 0.1) is 18.7 Å². The molecule has 1 atom stereocenters. The molecule has 0 fully saturated rings. The molecule has 2 aromatic rings. The molecule has 3 aliphatic rings. The van der Waals surface area contributed by atoms with Crippen LogP contribution < -0.4 is 14.2 Å². The zero-order valence-electron chi connectivity index (χ0n) is 13.7. The van der Waals surface area contributed by atoms with Crippen LogP contribution >= 0.6 is 0 Å². The highest BCUT2D eigenvalue weighted by atomic mass is 16.7. The fourth-order valence-electron chi connectivity index (χ4n) is 4.13. The molecule has 5 rings (SSSR count). The number of amides is 1. The van der Waals surface area contributed by atoms with E-state index in [0.717, 1.165) is 29.0 Å². The number of carbonyl (C=O) groups is 1. The minimum absolute atomic E-state index is 0.00571. The van der Waals surface area contributed by atoms with Crippen molar-refractivity contribution in [2.24, 2.45) is 0 Å². The van der Waals surface area contributed by atoms with Crippen LogP contribution in [0.3, 0.4) is 0 Å². The molecule has 0 radical (unpaired) electrons. The van der Waals surface area contributed by atoms with Crippen molar-refractivity contribution in [1.82, 2.24) is 4.90 Å². The molecule has 0 saturated carbocycles. The van der Waals surface area contributed by atoms with Crippen molar-refractivity contribution in [3.63, 3.8) is 0 Å². The Morgan fingerprint density at radius 1 is 1.20 bits per heavy atom. The van der Waals surface area contributed by atoms with Gasteiger partial charge in [-0.25, -0.2) is 0 Å². The van der Waals surface area contributed by atoms with Crippen LogP contribution in [-0.4, -0.2) is 36.4 Å². The molecule has 6 nitrogen and oxygen atoms in total. The summed E-state index contributed by atoms with van der Waals surface area (Å²) in [5.41, 5.74) is 3.68. The molecule has 0 unspecified atom stereocenters. The maximum atomic E-state index is 13.1. The van der Waals surface area contributed by atoms with Gasteiger partial charge in [-0.1, -0.05) is 6.07 Å². The predicted octanol–water partition coefficient (Wildman–Crippen LogP) is 2.43. The van der Waals surface area contributed by atoms with Crippen molar-refractivity contribution in [1.29, 1.82) is 0 Å². The van der Waals surface area contributed by atoms with E-state index in [4.69, 9.17) is 14.2 Å². The Morgan fingerprint density at radius 3 is 2.80 bits per heavy atom. The molecule has 0 aliphatic carbocycles. The van der Waals surface area contributed by atoms with Crippen LogP contribution in [-0.2, 0) is 12.8 Å². The van der Waals surface area contributed by atoms with Gasteiger partial charge in [0.1, 0.15) is 0 Å². The summed E-state index contributed by atoms with van der Waals surface area (Å²) >= 11 is 0. The molecule has 1 amide bonds. The molecule has 6 heteroatoms. The number of benzene rings is 2. The average Bonchev–Trinajstić information content (AvgIpc) is 3.07. The van der Waals surface area contributed by atoms with Crippen LogP contribution in [0.15, 0.2) is 24.3 Å². The summed E-state index contributed by atoms with van der Waals surface area (Å²) in [5, 5.41) is 10.0. The van der Waals surface area contributed by atoms with Gasteiger partial charge < -0.3 is 24.2 Å². The van der Waals surface area contributed by atoms with Crippen molar-refractivity contribution in [3.05, 3.63) is 46.5 Å². The number of nitrogens with zero attached hydrogens (tertiary/aromatic N) is 1. The number of carbonyl (C=O) groups excluding carboxylic acids is 1. The van der Waals surface area contributed by atoms with Crippen molar-refractivity contribution < 1.29 is 24.1 Å². The third-order valence-electron chi connectivity index (χ3n) is 5.31. The van der Waals surface area contributed by atoms with E-state index < -0.39 is 0 Å².